The van der Waals surface area contributed by atoms with Crippen molar-refractivity contribution in [3.63, 3.8) is 0 Å². The highest BCUT2D eigenvalue weighted by atomic mass is 16.5. The van der Waals surface area contributed by atoms with Crippen LogP contribution in [0, 0.1) is 0 Å². The van der Waals surface area contributed by atoms with Crippen molar-refractivity contribution in [3.8, 4) is 0 Å². The highest BCUT2D eigenvalue weighted by Gasteiger charge is 2.09. The number of nitrogens with one attached hydrogen (secondary N) is 2. The van der Waals surface area contributed by atoms with Gasteiger partial charge < -0.3 is 15.4 Å². The lowest BCUT2D eigenvalue weighted by Gasteiger charge is -2.11. The molecule has 1 aromatic heterocycles. The zero-order valence-corrected chi connectivity index (χ0v) is 13.2. The van der Waals surface area contributed by atoms with E-state index in [0.29, 0.717) is 17.8 Å². The van der Waals surface area contributed by atoms with E-state index < -0.39 is 5.97 Å². The average Bonchev–Trinajstić information content (AvgIpc) is 2.99. The third-order valence-electron chi connectivity index (χ3n) is 2.89. The van der Waals surface area contributed by atoms with E-state index in [9.17, 15) is 9.59 Å². The molecule has 0 aliphatic rings. The molecule has 0 saturated carbocycles. The molecule has 122 valence electrons. The third-order valence-corrected chi connectivity index (χ3v) is 2.89. The number of amides is 2. The Morgan fingerprint density at radius 1 is 1.30 bits per heavy atom. The quantitative estimate of drug-likeness (QED) is 0.801. The highest BCUT2D eigenvalue weighted by Crippen LogP contribution is 2.11. The van der Waals surface area contributed by atoms with E-state index in [2.05, 4.69) is 15.7 Å². The Morgan fingerprint density at radius 3 is 2.83 bits per heavy atom. The minimum atomic E-state index is -0.440. The number of nitrogens with zero attached hydrogens (tertiary/aromatic N) is 2. The van der Waals surface area contributed by atoms with E-state index in [0.717, 1.165) is 0 Å². The highest BCUT2D eigenvalue weighted by molar-refractivity contribution is 5.93. The van der Waals surface area contributed by atoms with E-state index in [1.165, 1.54) is 0 Å². The van der Waals surface area contributed by atoms with E-state index >= 15 is 0 Å². The van der Waals surface area contributed by atoms with Crippen LogP contribution in [0.1, 0.15) is 24.2 Å². The lowest BCUT2D eigenvalue weighted by molar-refractivity contribution is 0.0487. The fourth-order valence-corrected chi connectivity index (χ4v) is 1.90. The van der Waals surface area contributed by atoms with Crippen molar-refractivity contribution in [2.24, 2.45) is 0 Å². The summed E-state index contributed by atoms with van der Waals surface area (Å²) in [6.07, 6.45) is 3.46. The van der Waals surface area contributed by atoms with Gasteiger partial charge in [-0.25, -0.2) is 9.59 Å². The van der Waals surface area contributed by atoms with E-state index in [-0.39, 0.29) is 18.7 Å². The average molecular weight is 316 g/mol. The van der Waals surface area contributed by atoms with Crippen LogP contribution in [0.3, 0.4) is 0 Å². The number of hydrogen-bond donors (Lipinski definition) is 2. The van der Waals surface area contributed by atoms with Crippen molar-refractivity contribution < 1.29 is 14.3 Å². The van der Waals surface area contributed by atoms with Crippen LogP contribution in [0.2, 0.25) is 0 Å². The number of carbonyl (C=O) groups is 2. The molecular weight excluding hydrogens is 296 g/mol. The molecule has 7 heteroatoms. The molecule has 2 amide bonds. The first-order chi connectivity index (χ1) is 11.0. The van der Waals surface area contributed by atoms with Gasteiger partial charge in [0.1, 0.15) is 6.61 Å². The van der Waals surface area contributed by atoms with Crippen LogP contribution in [0.15, 0.2) is 42.7 Å². The fourth-order valence-electron chi connectivity index (χ4n) is 1.90. The minimum Gasteiger partial charge on any atom is -0.460 e. The number of carbonyl (C=O) groups excluding carboxylic acids is 2. The van der Waals surface area contributed by atoms with Gasteiger partial charge in [0.15, 0.2) is 0 Å². The van der Waals surface area contributed by atoms with Gasteiger partial charge in [0.2, 0.25) is 0 Å². The first-order valence-corrected chi connectivity index (χ1v) is 7.37. The molecule has 2 N–H and O–H groups in total. The van der Waals surface area contributed by atoms with Crippen molar-refractivity contribution in [1.29, 1.82) is 0 Å². The third kappa shape index (κ3) is 5.46. The van der Waals surface area contributed by atoms with Gasteiger partial charge in [0.25, 0.3) is 0 Å². The molecule has 7 nitrogen and oxygen atoms in total. The van der Waals surface area contributed by atoms with E-state index in [1.54, 1.807) is 47.4 Å². The van der Waals surface area contributed by atoms with Gasteiger partial charge in [-0.15, -0.1) is 0 Å². The summed E-state index contributed by atoms with van der Waals surface area (Å²) in [4.78, 5) is 23.7. The van der Waals surface area contributed by atoms with E-state index in [1.807, 2.05) is 13.8 Å². The first kappa shape index (κ1) is 16.5. The molecule has 0 radical (unpaired) electrons. The van der Waals surface area contributed by atoms with Gasteiger partial charge in [-0.1, -0.05) is 6.07 Å². The molecule has 0 saturated heterocycles. The largest absolute Gasteiger partial charge is 0.460 e. The SMILES string of the molecule is CC(C)NC(=O)Nc1cccc(C(=O)OCCn2cccn2)c1. The normalized spacial score (nSPS) is 10.4. The van der Waals surface area contributed by atoms with Crippen LogP contribution in [-0.4, -0.2) is 34.4 Å². The summed E-state index contributed by atoms with van der Waals surface area (Å²) >= 11 is 0. The number of rotatable bonds is 6. The number of aromatic nitrogens is 2. The molecule has 1 aromatic carbocycles. The van der Waals surface area contributed by atoms with Crippen LogP contribution in [0.25, 0.3) is 0 Å². The van der Waals surface area contributed by atoms with Gasteiger partial charge in [0, 0.05) is 24.1 Å². The van der Waals surface area contributed by atoms with Crippen molar-refractivity contribution in [3.05, 3.63) is 48.3 Å². The van der Waals surface area contributed by atoms with Crippen molar-refractivity contribution in [2.45, 2.75) is 26.4 Å². The summed E-state index contributed by atoms with van der Waals surface area (Å²) in [7, 11) is 0. The molecule has 0 bridgehead atoms. The van der Waals surface area contributed by atoms with Crippen LogP contribution in [-0.2, 0) is 11.3 Å². The molecule has 1 heterocycles. The van der Waals surface area contributed by atoms with Crippen molar-refractivity contribution in [2.75, 3.05) is 11.9 Å². The Bertz CT molecular complexity index is 653. The van der Waals surface area contributed by atoms with Crippen LogP contribution in [0.5, 0.6) is 0 Å². The predicted molar refractivity (Wildman–Crippen MR) is 86.2 cm³/mol. The second kappa shape index (κ2) is 7.98. The second-order valence-corrected chi connectivity index (χ2v) is 5.24. The molecule has 0 atom stereocenters. The zero-order chi connectivity index (χ0) is 16.7. The minimum absolute atomic E-state index is 0.0328. The number of hydrogen-bond acceptors (Lipinski definition) is 4. The smallest absolute Gasteiger partial charge is 0.338 e. The van der Waals surface area contributed by atoms with Crippen LogP contribution >= 0.6 is 0 Å². The lowest BCUT2D eigenvalue weighted by Crippen LogP contribution is -2.34. The monoisotopic (exact) mass is 316 g/mol. The van der Waals surface area contributed by atoms with Gasteiger partial charge in [-0.3, -0.25) is 4.68 Å². The summed E-state index contributed by atoms with van der Waals surface area (Å²) in [5.41, 5.74) is 0.914. The number of urea groups is 1. The van der Waals surface area contributed by atoms with Crippen LogP contribution in [0.4, 0.5) is 10.5 Å². The van der Waals surface area contributed by atoms with Gasteiger partial charge in [-0.05, 0) is 38.1 Å². The maximum atomic E-state index is 12.0. The van der Waals surface area contributed by atoms with Crippen LogP contribution < -0.4 is 10.6 Å². The van der Waals surface area contributed by atoms with Crippen molar-refractivity contribution >= 4 is 17.7 Å². The Labute approximate surface area is 134 Å². The van der Waals surface area contributed by atoms with Crippen molar-refractivity contribution in [1.82, 2.24) is 15.1 Å². The topological polar surface area (TPSA) is 85.3 Å². The Kier molecular flexibility index (Phi) is 5.74. The lowest BCUT2D eigenvalue weighted by atomic mass is 10.2. The van der Waals surface area contributed by atoms with Gasteiger partial charge in [0.05, 0.1) is 12.1 Å². The molecule has 2 aromatic rings. The first-order valence-electron chi connectivity index (χ1n) is 7.37. The summed E-state index contributed by atoms with van der Waals surface area (Å²) < 4.78 is 6.88. The number of benzene rings is 1. The zero-order valence-electron chi connectivity index (χ0n) is 13.2. The molecular formula is C16H20N4O3. The fraction of sp³-hybridized carbons (Fsp3) is 0.312. The summed E-state index contributed by atoms with van der Waals surface area (Å²) in [5, 5.41) is 9.42. The molecule has 0 spiro atoms. The maximum Gasteiger partial charge on any atom is 0.338 e. The summed E-state index contributed by atoms with van der Waals surface area (Å²) in [5.74, 6) is -0.440. The molecule has 2 rings (SSSR count). The molecule has 0 aliphatic heterocycles. The molecule has 0 fully saturated rings. The number of ether oxygens (including phenoxy) is 1. The molecule has 0 aliphatic carbocycles. The molecule has 0 unspecified atom stereocenters. The Balaban J connectivity index is 1.87. The Morgan fingerprint density at radius 2 is 2.13 bits per heavy atom. The van der Waals surface area contributed by atoms with E-state index in [4.69, 9.17) is 4.74 Å². The second-order valence-electron chi connectivity index (χ2n) is 5.24. The standard InChI is InChI=1S/C16H20N4O3/c1-12(2)18-16(22)19-14-6-3-5-13(11-14)15(21)23-10-9-20-8-4-7-17-20/h3-8,11-12H,9-10H2,1-2H3,(H2,18,19,22). The van der Waals surface area contributed by atoms with Gasteiger partial charge >= 0.3 is 12.0 Å². The molecule has 23 heavy (non-hydrogen) atoms. The Hall–Kier alpha value is -2.83. The number of anilines is 1. The van der Waals surface area contributed by atoms with Gasteiger partial charge in [-0.2, -0.15) is 5.10 Å². The summed E-state index contributed by atoms with van der Waals surface area (Å²) in [6, 6.07) is 8.14. The number of esters is 1. The predicted octanol–water partition coefficient (Wildman–Crippen LogP) is 2.27. The maximum absolute atomic E-state index is 12.0. The summed E-state index contributed by atoms with van der Waals surface area (Å²) in [6.45, 7) is 4.46.